The van der Waals surface area contributed by atoms with Crippen LogP contribution in [0.5, 0.6) is 5.75 Å². The quantitative estimate of drug-likeness (QED) is 0.707. The summed E-state index contributed by atoms with van der Waals surface area (Å²) in [7, 11) is 3.84. The highest BCUT2D eigenvalue weighted by atomic mass is 79.9. The van der Waals surface area contributed by atoms with Gasteiger partial charge in [-0.05, 0) is 43.0 Å². The lowest BCUT2D eigenvalue weighted by Crippen LogP contribution is -2.20. The second-order valence-electron chi connectivity index (χ2n) is 4.49. The molecule has 0 aromatic heterocycles. The molecule has 1 aromatic carbocycles. The first-order chi connectivity index (χ1) is 8.17. The SMILES string of the molecule is COc1ccc(N(C)CCC(C)CCBr)cc1. The molecule has 0 aliphatic heterocycles. The van der Waals surface area contributed by atoms with Crippen LogP contribution in [0.3, 0.4) is 0 Å². The Kier molecular flexibility index (Phi) is 6.41. The minimum absolute atomic E-state index is 0.773. The van der Waals surface area contributed by atoms with Gasteiger partial charge in [-0.3, -0.25) is 0 Å². The fourth-order valence-corrected chi connectivity index (χ4v) is 2.49. The van der Waals surface area contributed by atoms with Crippen molar-refractivity contribution in [2.75, 3.05) is 30.9 Å². The number of nitrogens with zero attached hydrogens (tertiary/aromatic N) is 1. The Morgan fingerprint density at radius 3 is 2.41 bits per heavy atom. The molecule has 0 amide bonds. The van der Waals surface area contributed by atoms with Gasteiger partial charge in [-0.25, -0.2) is 0 Å². The summed E-state index contributed by atoms with van der Waals surface area (Å²) in [5.41, 5.74) is 1.25. The maximum atomic E-state index is 5.16. The van der Waals surface area contributed by atoms with Gasteiger partial charge in [0.2, 0.25) is 0 Å². The van der Waals surface area contributed by atoms with Crippen LogP contribution in [-0.2, 0) is 0 Å². The summed E-state index contributed by atoms with van der Waals surface area (Å²) < 4.78 is 5.16. The standard InChI is InChI=1S/C14H22BrNO/c1-12(8-10-15)9-11-16(2)13-4-6-14(17-3)7-5-13/h4-7,12H,8-11H2,1-3H3. The number of hydrogen-bond acceptors (Lipinski definition) is 2. The van der Waals surface area contributed by atoms with Gasteiger partial charge in [0, 0.05) is 24.6 Å². The van der Waals surface area contributed by atoms with Gasteiger partial charge in [0.25, 0.3) is 0 Å². The molecule has 0 heterocycles. The Morgan fingerprint density at radius 1 is 1.24 bits per heavy atom. The predicted octanol–water partition coefficient (Wildman–Crippen LogP) is 3.94. The molecule has 2 nitrogen and oxygen atoms in total. The number of ether oxygens (including phenoxy) is 1. The van der Waals surface area contributed by atoms with Crippen molar-refractivity contribution in [1.82, 2.24) is 0 Å². The van der Waals surface area contributed by atoms with Crippen molar-refractivity contribution in [2.45, 2.75) is 19.8 Å². The van der Waals surface area contributed by atoms with Crippen LogP contribution in [0.15, 0.2) is 24.3 Å². The zero-order valence-corrected chi connectivity index (χ0v) is 12.5. The van der Waals surface area contributed by atoms with Gasteiger partial charge in [0.1, 0.15) is 5.75 Å². The lowest BCUT2D eigenvalue weighted by atomic mass is 10.1. The van der Waals surface area contributed by atoms with Gasteiger partial charge in [-0.1, -0.05) is 22.9 Å². The Morgan fingerprint density at radius 2 is 1.88 bits per heavy atom. The van der Waals surface area contributed by atoms with Crippen LogP contribution in [0, 0.1) is 5.92 Å². The summed E-state index contributed by atoms with van der Waals surface area (Å²) in [5.74, 6) is 1.69. The molecular formula is C14H22BrNO. The molecule has 0 radical (unpaired) electrons. The molecule has 17 heavy (non-hydrogen) atoms. The van der Waals surface area contributed by atoms with E-state index in [-0.39, 0.29) is 0 Å². The normalized spacial score (nSPS) is 12.2. The summed E-state index contributed by atoms with van der Waals surface area (Å²) in [4.78, 5) is 2.30. The molecule has 0 saturated heterocycles. The van der Waals surface area contributed by atoms with Crippen molar-refractivity contribution >= 4 is 21.6 Å². The smallest absolute Gasteiger partial charge is 0.119 e. The number of anilines is 1. The van der Waals surface area contributed by atoms with E-state index in [2.05, 4.69) is 46.9 Å². The molecule has 0 spiro atoms. The molecule has 0 fully saturated rings. The van der Waals surface area contributed by atoms with Crippen LogP contribution in [-0.4, -0.2) is 26.0 Å². The lowest BCUT2D eigenvalue weighted by Gasteiger charge is -2.21. The average Bonchev–Trinajstić information content (AvgIpc) is 2.36. The lowest BCUT2D eigenvalue weighted by molar-refractivity contribution is 0.415. The third-order valence-electron chi connectivity index (χ3n) is 3.07. The molecule has 0 N–H and O–H groups in total. The summed E-state index contributed by atoms with van der Waals surface area (Å²) in [6.45, 7) is 3.41. The van der Waals surface area contributed by atoms with Crippen molar-refractivity contribution in [2.24, 2.45) is 5.92 Å². The van der Waals surface area contributed by atoms with Gasteiger partial charge < -0.3 is 9.64 Å². The summed E-state index contributed by atoms with van der Waals surface area (Å²) in [6, 6.07) is 8.23. The molecule has 1 rings (SSSR count). The van der Waals surface area contributed by atoms with Crippen molar-refractivity contribution in [1.29, 1.82) is 0 Å². The third-order valence-corrected chi connectivity index (χ3v) is 3.53. The van der Waals surface area contributed by atoms with E-state index >= 15 is 0 Å². The van der Waals surface area contributed by atoms with Crippen molar-refractivity contribution in [3.8, 4) is 5.75 Å². The highest BCUT2D eigenvalue weighted by Gasteiger charge is 2.05. The van der Waals surface area contributed by atoms with E-state index in [9.17, 15) is 0 Å². The number of alkyl halides is 1. The molecule has 0 aliphatic rings. The predicted molar refractivity (Wildman–Crippen MR) is 78.5 cm³/mol. The second kappa shape index (κ2) is 7.59. The molecular weight excluding hydrogens is 278 g/mol. The highest BCUT2D eigenvalue weighted by Crippen LogP contribution is 2.19. The van der Waals surface area contributed by atoms with Crippen molar-refractivity contribution in [3.63, 3.8) is 0 Å². The largest absolute Gasteiger partial charge is 0.497 e. The van der Waals surface area contributed by atoms with Gasteiger partial charge in [0.05, 0.1) is 7.11 Å². The fourth-order valence-electron chi connectivity index (χ4n) is 1.71. The van der Waals surface area contributed by atoms with Crippen LogP contribution >= 0.6 is 15.9 Å². The third kappa shape index (κ3) is 4.99. The van der Waals surface area contributed by atoms with Gasteiger partial charge in [0.15, 0.2) is 0 Å². The minimum Gasteiger partial charge on any atom is -0.497 e. The maximum Gasteiger partial charge on any atom is 0.119 e. The second-order valence-corrected chi connectivity index (χ2v) is 5.28. The molecule has 1 aromatic rings. The highest BCUT2D eigenvalue weighted by molar-refractivity contribution is 9.09. The summed E-state index contributed by atoms with van der Waals surface area (Å²) in [6.07, 6.45) is 2.48. The average molecular weight is 300 g/mol. The summed E-state index contributed by atoms with van der Waals surface area (Å²) >= 11 is 3.49. The first kappa shape index (κ1) is 14.4. The van der Waals surface area contributed by atoms with E-state index < -0.39 is 0 Å². The molecule has 3 heteroatoms. The van der Waals surface area contributed by atoms with Gasteiger partial charge >= 0.3 is 0 Å². The zero-order valence-electron chi connectivity index (χ0n) is 10.9. The first-order valence-corrected chi connectivity index (χ1v) is 7.20. The van der Waals surface area contributed by atoms with Gasteiger partial charge in [-0.2, -0.15) is 0 Å². The molecule has 0 aliphatic carbocycles. The fraction of sp³-hybridized carbons (Fsp3) is 0.571. The van der Waals surface area contributed by atoms with E-state index in [0.29, 0.717) is 0 Å². The number of methoxy groups -OCH3 is 1. The van der Waals surface area contributed by atoms with Crippen LogP contribution in [0.2, 0.25) is 0 Å². The molecule has 1 unspecified atom stereocenters. The van der Waals surface area contributed by atoms with E-state index in [1.54, 1.807) is 7.11 Å². The van der Waals surface area contributed by atoms with Crippen molar-refractivity contribution in [3.05, 3.63) is 24.3 Å². The number of rotatable bonds is 7. The molecule has 0 bridgehead atoms. The Hall–Kier alpha value is -0.700. The molecule has 1 atom stereocenters. The Bertz CT molecular complexity index is 313. The topological polar surface area (TPSA) is 12.5 Å². The van der Waals surface area contributed by atoms with Crippen LogP contribution < -0.4 is 9.64 Å². The van der Waals surface area contributed by atoms with E-state index in [1.165, 1.54) is 18.5 Å². The minimum atomic E-state index is 0.773. The van der Waals surface area contributed by atoms with Crippen LogP contribution in [0.25, 0.3) is 0 Å². The Labute approximate surface area is 113 Å². The Balaban J connectivity index is 2.43. The van der Waals surface area contributed by atoms with E-state index in [4.69, 9.17) is 4.74 Å². The summed E-state index contributed by atoms with van der Waals surface area (Å²) in [5, 5.41) is 1.10. The number of benzene rings is 1. The van der Waals surface area contributed by atoms with Gasteiger partial charge in [-0.15, -0.1) is 0 Å². The first-order valence-electron chi connectivity index (χ1n) is 6.08. The molecule has 96 valence electrons. The van der Waals surface area contributed by atoms with E-state index in [1.807, 2.05) is 12.1 Å². The number of hydrogen-bond donors (Lipinski definition) is 0. The van der Waals surface area contributed by atoms with Crippen LogP contribution in [0.1, 0.15) is 19.8 Å². The van der Waals surface area contributed by atoms with E-state index in [0.717, 1.165) is 23.5 Å². The van der Waals surface area contributed by atoms with Crippen LogP contribution in [0.4, 0.5) is 5.69 Å². The zero-order chi connectivity index (χ0) is 12.7. The maximum absolute atomic E-state index is 5.16. The monoisotopic (exact) mass is 299 g/mol. The molecule has 0 saturated carbocycles. The number of halogens is 1. The van der Waals surface area contributed by atoms with Crippen molar-refractivity contribution < 1.29 is 4.74 Å².